The Kier molecular flexibility index (Phi) is 4.25. The highest BCUT2D eigenvalue weighted by Crippen LogP contribution is 2.16. The molecule has 18 heavy (non-hydrogen) atoms. The fourth-order valence-electron chi connectivity index (χ4n) is 1.85. The Morgan fingerprint density at radius 3 is 2.67 bits per heavy atom. The van der Waals surface area contributed by atoms with Crippen molar-refractivity contribution >= 4 is 0 Å². The highest BCUT2D eigenvalue weighted by molar-refractivity contribution is 5.20. The number of benzene rings is 1. The minimum Gasteiger partial charge on any atom is -0.481 e. The Balaban J connectivity index is 2.15. The smallest absolute Gasteiger partial charge is 0.216 e. The Morgan fingerprint density at radius 1 is 1.22 bits per heavy atom. The third-order valence-electron chi connectivity index (χ3n) is 2.83. The normalized spacial score (nSPS) is 12.1. The lowest BCUT2D eigenvalue weighted by Crippen LogP contribution is -2.19. The summed E-state index contributed by atoms with van der Waals surface area (Å²) in [6.45, 7) is 0. The van der Waals surface area contributed by atoms with E-state index in [2.05, 4.69) is 27.4 Å². The van der Waals surface area contributed by atoms with Gasteiger partial charge in [-0.2, -0.15) is 4.98 Å². The van der Waals surface area contributed by atoms with E-state index in [0.29, 0.717) is 5.88 Å². The fourth-order valence-corrected chi connectivity index (χ4v) is 1.85. The summed E-state index contributed by atoms with van der Waals surface area (Å²) in [5, 5.41) is 3.28. The van der Waals surface area contributed by atoms with Crippen LogP contribution in [0.3, 0.4) is 0 Å². The molecular weight excluding hydrogens is 226 g/mol. The van der Waals surface area contributed by atoms with Crippen molar-refractivity contribution in [3.8, 4) is 5.88 Å². The molecular formula is C14H17N3O. The van der Waals surface area contributed by atoms with Crippen LogP contribution in [0.4, 0.5) is 0 Å². The van der Waals surface area contributed by atoms with Gasteiger partial charge in [0.05, 0.1) is 7.11 Å². The van der Waals surface area contributed by atoms with E-state index >= 15 is 0 Å². The van der Waals surface area contributed by atoms with Crippen LogP contribution in [0.5, 0.6) is 5.88 Å². The monoisotopic (exact) mass is 243 g/mol. The first-order valence-electron chi connectivity index (χ1n) is 5.91. The molecule has 1 aromatic carbocycles. The van der Waals surface area contributed by atoms with Crippen molar-refractivity contribution in [3.63, 3.8) is 0 Å². The first-order valence-corrected chi connectivity index (χ1v) is 5.91. The second kappa shape index (κ2) is 6.12. The van der Waals surface area contributed by atoms with Gasteiger partial charge in [0, 0.05) is 24.7 Å². The minimum absolute atomic E-state index is 0.207. The average Bonchev–Trinajstić information content (AvgIpc) is 2.46. The average molecular weight is 243 g/mol. The zero-order chi connectivity index (χ0) is 12.8. The van der Waals surface area contributed by atoms with Gasteiger partial charge in [-0.1, -0.05) is 30.3 Å². The summed E-state index contributed by atoms with van der Waals surface area (Å²) in [7, 11) is 3.55. The second-order valence-corrected chi connectivity index (χ2v) is 3.97. The van der Waals surface area contributed by atoms with E-state index in [0.717, 1.165) is 12.2 Å². The van der Waals surface area contributed by atoms with Crippen molar-refractivity contribution in [1.29, 1.82) is 0 Å². The van der Waals surface area contributed by atoms with Crippen LogP contribution in [0.2, 0.25) is 0 Å². The van der Waals surface area contributed by atoms with Crippen molar-refractivity contribution in [2.75, 3.05) is 14.2 Å². The predicted octanol–water partition coefficient (Wildman–Crippen LogP) is 1.99. The zero-order valence-electron chi connectivity index (χ0n) is 10.6. The molecule has 0 spiro atoms. The van der Waals surface area contributed by atoms with Crippen LogP contribution in [0.1, 0.15) is 17.4 Å². The zero-order valence-corrected chi connectivity index (χ0v) is 10.6. The van der Waals surface area contributed by atoms with Crippen molar-refractivity contribution in [2.24, 2.45) is 0 Å². The molecule has 2 aromatic rings. The molecule has 1 unspecified atom stereocenters. The van der Waals surface area contributed by atoms with Gasteiger partial charge in [-0.05, 0) is 12.6 Å². The van der Waals surface area contributed by atoms with Crippen molar-refractivity contribution in [1.82, 2.24) is 15.3 Å². The van der Waals surface area contributed by atoms with Gasteiger partial charge in [0.1, 0.15) is 5.82 Å². The summed E-state index contributed by atoms with van der Waals surface area (Å²) in [6, 6.07) is 12.2. The first-order chi connectivity index (χ1) is 8.83. The van der Waals surface area contributed by atoms with E-state index in [1.807, 2.05) is 25.2 Å². The van der Waals surface area contributed by atoms with Gasteiger partial charge in [0.25, 0.3) is 0 Å². The van der Waals surface area contributed by atoms with Crippen LogP contribution in [-0.2, 0) is 6.42 Å². The topological polar surface area (TPSA) is 47.0 Å². The van der Waals surface area contributed by atoms with Gasteiger partial charge in [-0.25, -0.2) is 4.98 Å². The lowest BCUT2D eigenvalue weighted by atomic mass is 10.0. The van der Waals surface area contributed by atoms with Crippen LogP contribution < -0.4 is 10.1 Å². The number of likely N-dealkylation sites (N-methyl/N-ethyl adjacent to an activating group) is 1. The molecule has 1 N–H and O–H groups in total. The molecule has 0 fully saturated rings. The van der Waals surface area contributed by atoms with Crippen molar-refractivity contribution < 1.29 is 4.74 Å². The largest absolute Gasteiger partial charge is 0.481 e. The van der Waals surface area contributed by atoms with E-state index in [1.54, 1.807) is 19.4 Å². The molecule has 1 aromatic heterocycles. The molecule has 4 heteroatoms. The van der Waals surface area contributed by atoms with Gasteiger partial charge in [0.2, 0.25) is 5.88 Å². The molecule has 0 aliphatic heterocycles. The molecule has 0 radical (unpaired) electrons. The van der Waals surface area contributed by atoms with Gasteiger partial charge in [-0.3, -0.25) is 0 Å². The lowest BCUT2D eigenvalue weighted by molar-refractivity contribution is 0.393. The maximum absolute atomic E-state index is 5.10. The highest BCUT2D eigenvalue weighted by Gasteiger charge is 2.11. The SMILES string of the molecule is CNC(Cc1nccc(OC)n1)c1ccccc1. The lowest BCUT2D eigenvalue weighted by Gasteiger charge is -2.15. The fraction of sp³-hybridized carbons (Fsp3) is 0.286. The van der Waals surface area contributed by atoms with Crippen molar-refractivity contribution in [2.45, 2.75) is 12.5 Å². The van der Waals surface area contributed by atoms with Crippen LogP contribution in [0.15, 0.2) is 42.6 Å². The van der Waals surface area contributed by atoms with Crippen LogP contribution >= 0.6 is 0 Å². The maximum atomic E-state index is 5.10. The van der Waals surface area contributed by atoms with E-state index < -0.39 is 0 Å². The summed E-state index contributed by atoms with van der Waals surface area (Å²) in [5.74, 6) is 1.38. The van der Waals surface area contributed by atoms with E-state index in [-0.39, 0.29) is 6.04 Å². The van der Waals surface area contributed by atoms with Crippen molar-refractivity contribution in [3.05, 3.63) is 54.0 Å². The van der Waals surface area contributed by atoms with Gasteiger partial charge >= 0.3 is 0 Å². The van der Waals surface area contributed by atoms with Gasteiger partial charge < -0.3 is 10.1 Å². The number of ether oxygens (including phenoxy) is 1. The Labute approximate surface area is 107 Å². The number of aromatic nitrogens is 2. The molecule has 0 aliphatic carbocycles. The number of hydrogen-bond donors (Lipinski definition) is 1. The molecule has 4 nitrogen and oxygen atoms in total. The van der Waals surface area contributed by atoms with Crippen LogP contribution in [-0.4, -0.2) is 24.1 Å². The van der Waals surface area contributed by atoms with Crippen LogP contribution in [0.25, 0.3) is 0 Å². The molecule has 1 heterocycles. The molecule has 1 atom stereocenters. The van der Waals surface area contributed by atoms with E-state index in [4.69, 9.17) is 4.74 Å². The number of hydrogen-bond acceptors (Lipinski definition) is 4. The number of nitrogens with one attached hydrogen (secondary N) is 1. The molecule has 0 aliphatic rings. The minimum atomic E-state index is 0.207. The standard InChI is InChI=1S/C14H17N3O/c1-15-12(11-6-4-3-5-7-11)10-13-16-9-8-14(17-13)18-2/h3-9,12,15H,10H2,1-2H3. The Hall–Kier alpha value is -1.94. The molecule has 94 valence electrons. The summed E-state index contributed by atoms with van der Waals surface area (Å²) in [6.07, 6.45) is 2.45. The van der Waals surface area contributed by atoms with E-state index in [9.17, 15) is 0 Å². The van der Waals surface area contributed by atoms with Gasteiger partial charge in [-0.15, -0.1) is 0 Å². The molecule has 0 saturated carbocycles. The first kappa shape index (κ1) is 12.5. The number of nitrogens with zero attached hydrogens (tertiary/aromatic N) is 2. The Morgan fingerprint density at radius 2 is 2.00 bits per heavy atom. The van der Waals surface area contributed by atoms with Gasteiger partial charge in [0.15, 0.2) is 0 Å². The third kappa shape index (κ3) is 3.05. The van der Waals surface area contributed by atoms with E-state index in [1.165, 1.54) is 5.56 Å². The maximum Gasteiger partial charge on any atom is 0.216 e. The quantitative estimate of drug-likeness (QED) is 0.872. The summed E-state index contributed by atoms with van der Waals surface area (Å²) >= 11 is 0. The summed E-state index contributed by atoms with van der Waals surface area (Å²) < 4.78 is 5.10. The molecule has 2 rings (SSSR count). The number of methoxy groups -OCH3 is 1. The number of rotatable bonds is 5. The second-order valence-electron chi connectivity index (χ2n) is 3.97. The highest BCUT2D eigenvalue weighted by atomic mass is 16.5. The molecule has 0 bridgehead atoms. The van der Waals surface area contributed by atoms with Crippen LogP contribution in [0, 0.1) is 0 Å². The molecule has 0 amide bonds. The molecule has 0 saturated heterocycles. The predicted molar refractivity (Wildman–Crippen MR) is 70.5 cm³/mol. The summed E-state index contributed by atoms with van der Waals surface area (Å²) in [5.41, 5.74) is 1.23. The Bertz CT molecular complexity index is 487. The summed E-state index contributed by atoms with van der Waals surface area (Å²) in [4.78, 5) is 8.60. The third-order valence-corrected chi connectivity index (χ3v) is 2.83.